The van der Waals surface area contributed by atoms with Crippen LogP contribution in [0.3, 0.4) is 0 Å². The molecular weight excluding hydrogens is 338 g/mol. The summed E-state index contributed by atoms with van der Waals surface area (Å²) in [6.07, 6.45) is 1.47. The number of hydrogen-bond acceptors (Lipinski definition) is 3. The molecule has 0 fully saturated rings. The van der Waals surface area contributed by atoms with Gasteiger partial charge in [0.05, 0.1) is 0 Å². The summed E-state index contributed by atoms with van der Waals surface area (Å²) in [4.78, 5) is 30.9. The highest BCUT2D eigenvalue weighted by molar-refractivity contribution is 6.08. The third-order valence-corrected chi connectivity index (χ3v) is 4.17. The molecule has 0 saturated carbocycles. The quantitative estimate of drug-likeness (QED) is 0.758. The fraction of sp³-hybridized carbons (Fsp3) is 0.136. The van der Waals surface area contributed by atoms with Crippen molar-refractivity contribution in [3.05, 3.63) is 89.2 Å². The number of aromatic nitrogens is 1. The van der Waals surface area contributed by atoms with Gasteiger partial charge >= 0.3 is 0 Å². The summed E-state index contributed by atoms with van der Waals surface area (Å²) >= 11 is 0. The monoisotopic (exact) mass is 359 g/mol. The number of benzene rings is 2. The second kappa shape index (κ2) is 7.83. The molecule has 0 saturated heterocycles. The van der Waals surface area contributed by atoms with Gasteiger partial charge in [0.2, 0.25) is 0 Å². The number of hydrogen-bond donors (Lipinski definition) is 1. The lowest BCUT2D eigenvalue weighted by atomic mass is 10.1. The average molecular weight is 359 g/mol. The zero-order chi connectivity index (χ0) is 19.4. The standard InChI is InChI=1S/C22H21N3O2/c1-15-11-16(2)13-18(12-15)24-21(26)20-14-17(9-10-23-20)22(27)25(3)19-7-5-4-6-8-19/h4-14H,1-3H3,(H,24,26). The molecule has 136 valence electrons. The molecule has 5 nitrogen and oxygen atoms in total. The van der Waals surface area contributed by atoms with Crippen LogP contribution in [0.25, 0.3) is 0 Å². The predicted molar refractivity (Wildman–Crippen MR) is 107 cm³/mol. The Hall–Kier alpha value is -3.47. The maximum Gasteiger partial charge on any atom is 0.274 e. The summed E-state index contributed by atoms with van der Waals surface area (Å²) in [5, 5.41) is 2.84. The van der Waals surface area contributed by atoms with Gasteiger partial charge < -0.3 is 10.2 Å². The molecule has 1 N–H and O–H groups in total. The highest BCUT2D eigenvalue weighted by Crippen LogP contribution is 2.17. The van der Waals surface area contributed by atoms with E-state index in [0.717, 1.165) is 16.8 Å². The van der Waals surface area contributed by atoms with Crippen molar-refractivity contribution in [2.45, 2.75) is 13.8 Å². The lowest BCUT2D eigenvalue weighted by Crippen LogP contribution is -2.26. The Labute approximate surface area is 158 Å². The molecule has 1 heterocycles. The van der Waals surface area contributed by atoms with Gasteiger partial charge in [-0.3, -0.25) is 14.6 Å². The molecule has 0 aliphatic heterocycles. The number of carbonyl (C=O) groups is 2. The van der Waals surface area contributed by atoms with Gasteiger partial charge in [-0.2, -0.15) is 0 Å². The van der Waals surface area contributed by atoms with E-state index in [2.05, 4.69) is 10.3 Å². The van der Waals surface area contributed by atoms with Gasteiger partial charge in [-0.25, -0.2) is 0 Å². The lowest BCUT2D eigenvalue weighted by Gasteiger charge is -2.17. The number of aryl methyl sites for hydroxylation is 2. The fourth-order valence-corrected chi connectivity index (χ4v) is 2.89. The molecule has 27 heavy (non-hydrogen) atoms. The van der Waals surface area contributed by atoms with Gasteiger partial charge in [-0.05, 0) is 61.4 Å². The molecule has 0 unspecified atom stereocenters. The second-order valence-electron chi connectivity index (χ2n) is 6.46. The number of carbonyl (C=O) groups excluding carboxylic acids is 2. The van der Waals surface area contributed by atoms with Crippen LogP contribution in [-0.4, -0.2) is 23.8 Å². The molecule has 0 spiro atoms. The SMILES string of the molecule is Cc1cc(C)cc(NC(=O)c2cc(C(=O)N(C)c3ccccc3)ccn2)c1. The average Bonchev–Trinajstić information content (AvgIpc) is 2.67. The molecule has 0 radical (unpaired) electrons. The summed E-state index contributed by atoms with van der Waals surface area (Å²) in [5.74, 6) is -0.555. The largest absolute Gasteiger partial charge is 0.321 e. The first-order valence-corrected chi connectivity index (χ1v) is 8.63. The predicted octanol–water partition coefficient (Wildman–Crippen LogP) is 4.23. The zero-order valence-corrected chi connectivity index (χ0v) is 15.6. The molecular formula is C22H21N3O2. The Morgan fingerprint density at radius 2 is 1.59 bits per heavy atom. The third kappa shape index (κ3) is 4.39. The zero-order valence-electron chi connectivity index (χ0n) is 15.6. The van der Waals surface area contributed by atoms with Crippen molar-refractivity contribution in [3.8, 4) is 0 Å². The van der Waals surface area contributed by atoms with Crippen molar-refractivity contribution in [2.24, 2.45) is 0 Å². The van der Waals surface area contributed by atoms with Gasteiger partial charge in [0.1, 0.15) is 5.69 Å². The summed E-state index contributed by atoms with van der Waals surface area (Å²) in [6.45, 7) is 3.94. The van der Waals surface area contributed by atoms with Gasteiger partial charge in [0.15, 0.2) is 0 Å². The highest BCUT2D eigenvalue weighted by Gasteiger charge is 2.16. The van der Waals surface area contributed by atoms with E-state index < -0.39 is 0 Å². The van der Waals surface area contributed by atoms with E-state index in [1.165, 1.54) is 12.3 Å². The van der Waals surface area contributed by atoms with Crippen molar-refractivity contribution < 1.29 is 9.59 Å². The number of pyridine rings is 1. The Balaban J connectivity index is 1.80. The lowest BCUT2D eigenvalue weighted by molar-refractivity contribution is 0.0993. The van der Waals surface area contributed by atoms with Crippen molar-refractivity contribution >= 4 is 23.2 Å². The van der Waals surface area contributed by atoms with Crippen LogP contribution in [0.5, 0.6) is 0 Å². The van der Waals surface area contributed by atoms with Gasteiger partial charge in [-0.15, -0.1) is 0 Å². The van der Waals surface area contributed by atoms with Crippen LogP contribution >= 0.6 is 0 Å². The first kappa shape index (κ1) is 18.3. The molecule has 0 aliphatic carbocycles. The summed E-state index contributed by atoms with van der Waals surface area (Å²) < 4.78 is 0. The Morgan fingerprint density at radius 3 is 2.26 bits per heavy atom. The molecule has 0 atom stereocenters. The number of nitrogens with one attached hydrogen (secondary N) is 1. The Kier molecular flexibility index (Phi) is 5.31. The number of nitrogens with zero attached hydrogens (tertiary/aromatic N) is 2. The minimum absolute atomic E-state index is 0.196. The van der Waals surface area contributed by atoms with E-state index in [4.69, 9.17) is 0 Å². The van der Waals surface area contributed by atoms with Crippen LogP contribution in [0, 0.1) is 13.8 Å². The summed E-state index contributed by atoms with van der Waals surface area (Å²) in [6, 6.07) is 18.3. The highest BCUT2D eigenvalue weighted by atomic mass is 16.2. The van der Waals surface area contributed by atoms with E-state index in [-0.39, 0.29) is 17.5 Å². The topological polar surface area (TPSA) is 62.3 Å². The van der Waals surface area contributed by atoms with Crippen molar-refractivity contribution in [2.75, 3.05) is 17.3 Å². The minimum Gasteiger partial charge on any atom is -0.321 e. The summed E-state index contributed by atoms with van der Waals surface area (Å²) in [5.41, 5.74) is 4.21. The van der Waals surface area contributed by atoms with Crippen LogP contribution < -0.4 is 10.2 Å². The number of rotatable bonds is 4. The van der Waals surface area contributed by atoms with Gasteiger partial charge in [0, 0.05) is 30.2 Å². The van der Waals surface area contributed by atoms with E-state index in [1.807, 2.05) is 62.4 Å². The Bertz CT molecular complexity index is 964. The van der Waals surface area contributed by atoms with E-state index in [1.54, 1.807) is 18.0 Å². The van der Waals surface area contributed by atoms with Gasteiger partial charge in [-0.1, -0.05) is 24.3 Å². The van der Waals surface area contributed by atoms with E-state index >= 15 is 0 Å². The minimum atomic E-state index is -0.350. The van der Waals surface area contributed by atoms with Crippen LogP contribution in [0.1, 0.15) is 32.0 Å². The molecule has 0 bridgehead atoms. The first-order valence-electron chi connectivity index (χ1n) is 8.63. The number of amides is 2. The molecule has 2 aromatic carbocycles. The fourth-order valence-electron chi connectivity index (χ4n) is 2.89. The molecule has 1 aromatic heterocycles. The van der Waals surface area contributed by atoms with E-state index in [0.29, 0.717) is 11.3 Å². The van der Waals surface area contributed by atoms with Crippen LogP contribution in [-0.2, 0) is 0 Å². The molecule has 5 heteroatoms. The normalized spacial score (nSPS) is 10.3. The van der Waals surface area contributed by atoms with Crippen molar-refractivity contribution in [3.63, 3.8) is 0 Å². The van der Waals surface area contributed by atoms with Crippen LogP contribution in [0.2, 0.25) is 0 Å². The van der Waals surface area contributed by atoms with Crippen molar-refractivity contribution in [1.82, 2.24) is 4.98 Å². The first-order chi connectivity index (χ1) is 12.9. The molecule has 3 aromatic rings. The molecule has 3 rings (SSSR count). The third-order valence-electron chi connectivity index (χ3n) is 4.17. The maximum atomic E-state index is 12.7. The smallest absolute Gasteiger partial charge is 0.274 e. The molecule has 2 amide bonds. The molecule has 0 aliphatic rings. The second-order valence-corrected chi connectivity index (χ2v) is 6.46. The number of para-hydroxylation sites is 1. The van der Waals surface area contributed by atoms with Crippen LogP contribution in [0.15, 0.2) is 66.9 Å². The summed E-state index contributed by atoms with van der Waals surface area (Å²) in [7, 11) is 1.70. The Morgan fingerprint density at radius 1 is 0.926 bits per heavy atom. The van der Waals surface area contributed by atoms with Crippen LogP contribution in [0.4, 0.5) is 11.4 Å². The van der Waals surface area contributed by atoms with E-state index in [9.17, 15) is 9.59 Å². The number of anilines is 2. The van der Waals surface area contributed by atoms with Crippen molar-refractivity contribution in [1.29, 1.82) is 0 Å². The maximum absolute atomic E-state index is 12.7. The van der Waals surface area contributed by atoms with Gasteiger partial charge in [0.25, 0.3) is 11.8 Å².